The SMILES string of the molecule is O=C1C=COC(C2CCCCC2)C1. The Labute approximate surface area is 79.0 Å². The topological polar surface area (TPSA) is 26.3 Å². The fourth-order valence-corrected chi connectivity index (χ4v) is 2.31. The van der Waals surface area contributed by atoms with Crippen LogP contribution >= 0.6 is 0 Å². The maximum absolute atomic E-state index is 11.1. The van der Waals surface area contributed by atoms with E-state index in [4.69, 9.17) is 4.74 Å². The van der Waals surface area contributed by atoms with Crippen LogP contribution in [0.1, 0.15) is 38.5 Å². The molecule has 1 aliphatic heterocycles. The van der Waals surface area contributed by atoms with Gasteiger partial charge in [-0.3, -0.25) is 4.79 Å². The van der Waals surface area contributed by atoms with Gasteiger partial charge < -0.3 is 4.74 Å². The predicted octanol–water partition coefficient (Wildman–Crippen LogP) is 2.44. The smallest absolute Gasteiger partial charge is 0.162 e. The lowest BCUT2D eigenvalue weighted by atomic mass is 9.83. The van der Waals surface area contributed by atoms with Crippen LogP contribution in [0.25, 0.3) is 0 Å². The molecule has 0 spiro atoms. The van der Waals surface area contributed by atoms with Crippen LogP contribution < -0.4 is 0 Å². The first-order valence-corrected chi connectivity index (χ1v) is 5.21. The molecule has 2 rings (SSSR count). The minimum atomic E-state index is 0.179. The summed E-state index contributed by atoms with van der Waals surface area (Å²) < 4.78 is 5.49. The number of rotatable bonds is 1. The van der Waals surface area contributed by atoms with Crippen molar-refractivity contribution in [3.05, 3.63) is 12.3 Å². The highest BCUT2D eigenvalue weighted by molar-refractivity contribution is 5.90. The summed E-state index contributed by atoms with van der Waals surface area (Å²) in [6.45, 7) is 0. The van der Waals surface area contributed by atoms with E-state index in [1.165, 1.54) is 32.1 Å². The highest BCUT2D eigenvalue weighted by atomic mass is 16.5. The van der Waals surface area contributed by atoms with Gasteiger partial charge in [-0.05, 0) is 18.8 Å². The summed E-state index contributed by atoms with van der Waals surface area (Å²) in [7, 11) is 0. The zero-order valence-electron chi connectivity index (χ0n) is 7.87. The molecule has 13 heavy (non-hydrogen) atoms. The van der Waals surface area contributed by atoms with E-state index >= 15 is 0 Å². The lowest BCUT2D eigenvalue weighted by molar-refractivity contribution is -0.119. The Morgan fingerprint density at radius 1 is 1.23 bits per heavy atom. The van der Waals surface area contributed by atoms with Crippen LogP contribution in [0.2, 0.25) is 0 Å². The summed E-state index contributed by atoms with van der Waals surface area (Å²) in [5, 5.41) is 0. The van der Waals surface area contributed by atoms with Gasteiger partial charge in [0.25, 0.3) is 0 Å². The second-order valence-electron chi connectivity index (χ2n) is 4.05. The van der Waals surface area contributed by atoms with Crippen molar-refractivity contribution in [1.29, 1.82) is 0 Å². The number of carbonyl (C=O) groups is 1. The first kappa shape index (κ1) is 8.79. The van der Waals surface area contributed by atoms with Gasteiger partial charge >= 0.3 is 0 Å². The average Bonchev–Trinajstić information content (AvgIpc) is 2.19. The summed E-state index contributed by atoms with van der Waals surface area (Å²) in [4.78, 5) is 11.1. The molecule has 1 aliphatic carbocycles. The normalized spacial score (nSPS) is 30.2. The molecule has 72 valence electrons. The number of ketones is 1. The number of carbonyl (C=O) groups excluding carboxylic acids is 1. The number of hydrogen-bond donors (Lipinski definition) is 0. The molecule has 0 bridgehead atoms. The molecule has 0 aromatic heterocycles. The van der Waals surface area contributed by atoms with Gasteiger partial charge in [-0.1, -0.05) is 19.3 Å². The van der Waals surface area contributed by atoms with Crippen molar-refractivity contribution in [3.63, 3.8) is 0 Å². The van der Waals surface area contributed by atoms with Gasteiger partial charge in [-0.15, -0.1) is 0 Å². The molecule has 2 nitrogen and oxygen atoms in total. The molecule has 1 unspecified atom stereocenters. The summed E-state index contributed by atoms with van der Waals surface area (Å²) in [5.74, 6) is 0.851. The summed E-state index contributed by atoms with van der Waals surface area (Å²) in [6, 6.07) is 0. The minimum absolute atomic E-state index is 0.179. The first-order valence-electron chi connectivity index (χ1n) is 5.21. The van der Waals surface area contributed by atoms with Crippen LogP contribution in [0, 0.1) is 5.92 Å². The Balaban J connectivity index is 1.92. The van der Waals surface area contributed by atoms with Crippen molar-refractivity contribution < 1.29 is 9.53 Å². The Bertz CT molecular complexity index is 214. The molecule has 1 heterocycles. The van der Waals surface area contributed by atoms with Crippen LogP contribution in [0.5, 0.6) is 0 Å². The molecular formula is C11H16O2. The van der Waals surface area contributed by atoms with E-state index < -0.39 is 0 Å². The second kappa shape index (κ2) is 3.95. The van der Waals surface area contributed by atoms with Crippen LogP contribution in [-0.2, 0) is 9.53 Å². The number of ether oxygens (including phenoxy) is 1. The maximum Gasteiger partial charge on any atom is 0.162 e. The van der Waals surface area contributed by atoms with Gasteiger partial charge in [-0.2, -0.15) is 0 Å². The van der Waals surface area contributed by atoms with Crippen molar-refractivity contribution in [2.45, 2.75) is 44.6 Å². The average molecular weight is 180 g/mol. The van der Waals surface area contributed by atoms with E-state index in [-0.39, 0.29) is 11.9 Å². The molecule has 0 aromatic carbocycles. The molecule has 1 atom stereocenters. The van der Waals surface area contributed by atoms with E-state index in [0.717, 1.165) is 0 Å². The van der Waals surface area contributed by atoms with Gasteiger partial charge in [0.2, 0.25) is 0 Å². The van der Waals surface area contributed by atoms with Gasteiger partial charge in [0.15, 0.2) is 5.78 Å². The van der Waals surface area contributed by atoms with Crippen LogP contribution in [0.15, 0.2) is 12.3 Å². The van der Waals surface area contributed by atoms with Crippen LogP contribution in [-0.4, -0.2) is 11.9 Å². The maximum atomic E-state index is 11.1. The van der Waals surface area contributed by atoms with Gasteiger partial charge in [0, 0.05) is 12.5 Å². The highest BCUT2D eigenvalue weighted by Gasteiger charge is 2.27. The van der Waals surface area contributed by atoms with Crippen molar-refractivity contribution in [1.82, 2.24) is 0 Å². The largest absolute Gasteiger partial charge is 0.497 e. The van der Waals surface area contributed by atoms with E-state index in [2.05, 4.69) is 0 Å². The summed E-state index contributed by atoms with van der Waals surface area (Å²) >= 11 is 0. The molecule has 0 aromatic rings. The molecule has 2 heteroatoms. The molecule has 1 saturated carbocycles. The zero-order chi connectivity index (χ0) is 9.10. The molecular weight excluding hydrogens is 164 g/mol. The Morgan fingerprint density at radius 2 is 2.00 bits per heavy atom. The van der Waals surface area contributed by atoms with E-state index in [1.807, 2.05) is 0 Å². The molecule has 1 fully saturated rings. The predicted molar refractivity (Wildman–Crippen MR) is 50.2 cm³/mol. The van der Waals surface area contributed by atoms with Gasteiger partial charge in [0.05, 0.1) is 6.26 Å². The summed E-state index contributed by atoms with van der Waals surface area (Å²) in [6.07, 6.45) is 10.3. The lowest BCUT2D eigenvalue weighted by Gasteiger charge is -2.30. The third-order valence-electron chi connectivity index (χ3n) is 3.09. The fourth-order valence-electron chi connectivity index (χ4n) is 2.31. The zero-order valence-corrected chi connectivity index (χ0v) is 7.87. The van der Waals surface area contributed by atoms with E-state index in [1.54, 1.807) is 12.3 Å². The van der Waals surface area contributed by atoms with E-state index in [0.29, 0.717) is 12.3 Å². The molecule has 0 amide bonds. The van der Waals surface area contributed by atoms with Crippen molar-refractivity contribution in [3.8, 4) is 0 Å². The van der Waals surface area contributed by atoms with Crippen molar-refractivity contribution in [2.75, 3.05) is 0 Å². The van der Waals surface area contributed by atoms with E-state index in [9.17, 15) is 4.79 Å². The van der Waals surface area contributed by atoms with Gasteiger partial charge in [0.1, 0.15) is 6.10 Å². The first-order chi connectivity index (χ1) is 6.36. The van der Waals surface area contributed by atoms with Crippen molar-refractivity contribution >= 4 is 5.78 Å². The quantitative estimate of drug-likeness (QED) is 0.619. The molecule has 0 radical (unpaired) electrons. The molecule has 2 aliphatic rings. The third-order valence-corrected chi connectivity index (χ3v) is 3.09. The standard InChI is InChI=1S/C11H16O2/c12-10-6-7-13-11(8-10)9-4-2-1-3-5-9/h6-7,9,11H,1-5,8H2. The Hall–Kier alpha value is -0.790. The summed E-state index contributed by atoms with van der Waals surface area (Å²) in [5.41, 5.74) is 0. The minimum Gasteiger partial charge on any atom is -0.497 e. The Kier molecular flexibility index (Phi) is 2.67. The number of hydrogen-bond acceptors (Lipinski definition) is 2. The highest BCUT2D eigenvalue weighted by Crippen LogP contribution is 2.30. The second-order valence-corrected chi connectivity index (χ2v) is 4.05. The van der Waals surface area contributed by atoms with Gasteiger partial charge in [-0.25, -0.2) is 0 Å². The third kappa shape index (κ3) is 2.11. The lowest BCUT2D eigenvalue weighted by Crippen LogP contribution is -2.29. The molecule has 0 saturated heterocycles. The van der Waals surface area contributed by atoms with Crippen LogP contribution in [0.4, 0.5) is 0 Å². The molecule has 0 N–H and O–H groups in total. The van der Waals surface area contributed by atoms with Crippen LogP contribution in [0.3, 0.4) is 0 Å². The number of allylic oxidation sites excluding steroid dienone is 1. The fraction of sp³-hybridized carbons (Fsp3) is 0.727. The monoisotopic (exact) mass is 180 g/mol. The Morgan fingerprint density at radius 3 is 2.69 bits per heavy atom. The van der Waals surface area contributed by atoms with Crippen molar-refractivity contribution in [2.24, 2.45) is 5.92 Å².